The Balaban J connectivity index is 2.52. The van der Waals surface area contributed by atoms with Gasteiger partial charge < -0.3 is 0 Å². The van der Waals surface area contributed by atoms with E-state index in [9.17, 15) is 9.59 Å². The molecule has 0 spiro atoms. The number of carbonyl (C=O) groups is 2. The van der Waals surface area contributed by atoms with Gasteiger partial charge in [-0.05, 0) is 88.4 Å². The molecule has 0 saturated carbocycles. The second kappa shape index (κ2) is 9.46. The number of carbonyl (C=O) groups excluding carboxylic acids is 2. The number of allylic oxidation sites excluding steroid dienone is 4. The molecule has 0 heterocycles. The quantitative estimate of drug-likeness (QED) is 0.530. The van der Waals surface area contributed by atoms with Crippen molar-refractivity contribution in [1.29, 1.82) is 0 Å². The molecule has 0 unspecified atom stereocenters. The normalized spacial score (nSPS) is 10.3. The van der Waals surface area contributed by atoms with E-state index < -0.39 is 0 Å². The van der Waals surface area contributed by atoms with Gasteiger partial charge in [0.2, 0.25) is 0 Å². The SMILES string of the molecule is C#CC#CC#CC#CC#CC#CSC1=CC(=O)C=CC1=O. The molecule has 0 bridgehead atoms. The van der Waals surface area contributed by atoms with E-state index >= 15 is 0 Å². The number of thioether (sulfide) groups is 1. The Labute approximate surface area is 127 Å². The van der Waals surface area contributed by atoms with Gasteiger partial charge in [-0.1, -0.05) is 0 Å². The van der Waals surface area contributed by atoms with Crippen LogP contribution in [0.1, 0.15) is 0 Å². The van der Waals surface area contributed by atoms with Crippen LogP contribution >= 0.6 is 11.8 Å². The van der Waals surface area contributed by atoms with Crippen LogP contribution in [0.15, 0.2) is 23.1 Å². The first-order valence-corrected chi connectivity index (χ1v) is 6.16. The Morgan fingerprint density at radius 2 is 1.38 bits per heavy atom. The van der Waals surface area contributed by atoms with E-state index in [2.05, 4.69) is 64.5 Å². The fourth-order valence-corrected chi connectivity index (χ4v) is 1.48. The molecule has 0 aliphatic heterocycles. The molecule has 0 aromatic carbocycles. The van der Waals surface area contributed by atoms with Crippen LogP contribution in [0.25, 0.3) is 0 Å². The first-order chi connectivity index (χ1) is 10.2. The summed E-state index contributed by atoms with van der Waals surface area (Å²) < 4.78 is 0. The summed E-state index contributed by atoms with van der Waals surface area (Å²) in [5.74, 6) is 23.5. The molecule has 0 aromatic heterocycles. The lowest BCUT2D eigenvalue weighted by Crippen LogP contribution is -2.04. The summed E-state index contributed by atoms with van der Waals surface area (Å²) in [6.45, 7) is 0. The largest absolute Gasteiger partial charge is 0.290 e. The van der Waals surface area contributed by atoms with Crippen LogP contribution in [-0.2, 0) is 9.59 Å². The molecule has 0 fully saturated rings. The zero-order valence-electron chi connectivity index (χ0n) is 10.5. The molecule has 1 aliphatic rings. The van der Waals surface area contributed by atoms with Gasteiger partial charge in [-0.3, -0.25) is 9.59 Å². The monoisotopic (exact) mass is 284 g/mol. The van der Waals surface area contributed by atoms with Crippen LogP contribution < -0.4 is 0 Å². The van der Waals surface area contributed by atoms with Crippen molar-refractivity contribution >= 4 is 23.3 Å². The zero-order valence-corrected chi connectivity index (χ0v) is 11.4. The van der Waals surface area contributed by atoms with Gasteiger partial charge in [-0.25, -0.2) is 0 Å². The van der Waals surface area contributed by atoms with E-state index in [0.29, 0.717) is 0 Å². The summed E-state index contributed by atoms with van der Waals surface area (Å²) in [6, 6.07) is 0. The molecule has 0 saturated heterocycles. The third-order valence-electron chi connectivity index (χ3n) is 1.70. The average molecular weight is 284 g/mol. The second-order valence-corrected chi connectivity index (χ2v) is 3.93. The minimum Gasteiger partial charge on any atom is -0.290 e. The molecule has 1 rings (SSSR count). The van der Waals surface area contributed by atoms with Gasteiger partial charge in [-0.2, -0.15) is 0 Å². The summed E-state index contributed by atoms with van der Waals surface area (Å²) in [4.78, 5) is 22.7. The third kappa shape index (κ3) is 6.88. The summed E-state index contributed by atoms with van der Waals surface area (Å²) in [5, 5.41) is 2.59. The van der Waals surface area contributed by atoms with Crippen LogP contribution in [0.3, 0.4) is 0 Å². The van der Waals surface area contributed by atoms with Gasteiger partial charge in [0.15, 0.2) is 11.6 Å². The molecule has 0 atom stereocenters. The van der Waals surface area contributed by atoms with Crippen LogP contribution in [-0.4, -0.2) is 11.6 Å². The fourth-order valence-electron chi connectivity index (χ4n) is 0.929. The maximum atomic E-state index is 11.4. The van der Waals surface area contributed by atoms with Gasteiger partial charge in [0.05, 0.1) is 4.91 Å². The zero-order chi connectivity index (χ0) is 15.3. The summed E-state index contributed by atoms with van der Waals surface area (Å²) in [6.07, 6.45) is 8.56. The lowest BCUT2D eigenvalue weighted by atomic mass is 10.2. The summed E-state index contributed by atoms with van der Waals surface area (Å²) >= 11 is 0.949. The molecule has 1 aliphatic carbocycles. The molecule has 0 N–H and O–H groups in total. The standard InChI is InChI=1S/C18H4O2S/c1-2-3-4-5-6-7-8-9-10-11-14-21-18-15-16(19)12-13-17(18)20/h1,12-13,15H. The van der Waals surface area contributed by atoms with E-state index in [1.54, 1.807) is 0 Å². The van der Waals surface area contributed by atoms with Crippen molar-refractivity contribution in [2.24, 2.45) is 0 Å². The molecular weight excluding hydrogens is 280 g/mol. The fraction of sp³-hybridized carbons (Fsp3) is 0. The molecule has 21 heavy (non-hydrogen) atoms. The van der Waals surface area contributed by atoms with Crippen LogP contribution in [0.2, 0.25) is 0 Å². The summed E-state index contributed by atoms with van der Waals surface area (Å²) in [5.41, 5.74) is 0. The van der Waals surface area contributed by atoms with E-state index in [-0.39, 0.29) is 16.5 Å². The highest BCUT2D eigenvalue weighted by molar-refractivity contribution is 8.08. The maximum Gasteiger partial charge on any atom is 0.193 e. The van der Waals surface area contributed by atoms with Crippen LogP contribution in [0.4, 0.5) is 0 Å². The van der Waals surface area contributed by atoms with Crippen molar-refractivity contribution in [3.05, 3.63) is 23.1 Å². The van der Waals surface area contributed by atoms with Gasteiger partial charge in [0.25, 0.3) is 0 Å². The molecule has 0 amide bonds. The Morgan fingerprint density at radius 3 is 2.00 bits per heavy atom. The Bertz CT molecular complexity index is 881. The first kappa shape index (κ1) is 15.6. The summed E-state index contributed by atoms with van der Waals surface area (Å²) in [7, 11) is 0. The Kier molecular flexibility index (Phi) is 7.02. The van der Waals surface area contributed by atoms with Crippen molar-refractivity contribution in [3.63, 3.8) is 0 Å². The number of hydrogen-bond donors (Lipinski definition) is 0. The van der Waals surface area contributed by atoms with Gasteiger partial charge in [0, 0.05) is 6.08 Å². The van der Waals surface area contributed by atoms with Crippen LogP contribution in [0, 0.1) is 70.9 Å². The van der Waals surface area contributed by atoms with Crippen molar-refractivity contribution < 1.29 is 9.59 Å². The molecule has 0 aromatic rings. The Morgan fingerprint density at radius 1 is 0.810 bits per heavy atom. The van der Waals surface area contributed by atoms with E-state index in [4.69, 9.17) is 6.42 Å². The smallest absolute Gasteiger partial charge is 0.193 e. The van der Waals surface area contributed by atoms with E-state index in [0.717, 1.165) is 11.8 Å². The van der Waals surface area contributed by atoms with Crippen molar-refractivity contribution in [2.45, 2.75) is 0 Å². The molecular formula is C18H4O2S. The molecule has 2 nitrogen and oxygen atoms in total. The average Bonchev–Trinajstić information content (AvgIpc) is 2.48. The van der Waals surface area contributed by atoms with E-state index in [1.807, 2.05) is 0 Å². The highest BCUT2D eigenvalue weighted by Gasteiger charge is 2.12. The predicted molar refractivity (Wildman–Crippen MR) is 82.5 cm³/mol. The van der Waals surface area contributed by atoms with Gasteiger partial charge in [-0.15, -0.1) is 6.42 Å². The number of rotatable bonds is 1. The highest BCUT2D eigenvalue weighted by atomic mass is 32.2. The van der Waals surface area contributed by atoms with Gasteiger partial charge >= 0.3 is 0 Å². The highest BCUT2D eigenvalue weighted by Crippen LogP contribution is 2.18. The second-order valence-electron chi connectivity index (χ2n) is 3.08. The minimum absolute atomic E-state index is 0.234. The van der Waals surface area contributed by atoms with Crippen molar-refractivity contribution in [1.82, 2.24) is 0 Å². The van der Waals surface area contributed by atoms with Gasteiger partial charge in [0.1, 0.15) is 0 Å². The Hall–Kier alpha value is -3.47. The number of hydrogen-bond acceptors (Lipinski definition) is 3. The van der Waals surface area contributed by atoms with Crippen molar-refractivity contribution in [2.75, 3.05) is 0 Å². The predicted octanol–water partition coefficient (Wildman–Crippen LogP) is 0.919. The topological polar surface area (TPSA) is 34.1 Å². The third-order valence-corrected chi connectivity index (χ3v) is 2.44. The van der Waals surface area contributed by atoms with Crippen molar-refractivity contribution in [3.8, 4) is 70.9 Å². The molecule has 94 valence electrons. The molecule has 3 heteroatoms. The lowest BCUT2D eigenvalue weighted by Gasteiger charge is -1.99. The number of terminal acetylenes is 1. The van der Waals surface area contributed by atoms with E-state index in [1.165, 1.54) is 18.2 Å². The lowest BCUT2D eigenvalue weighted by molar-refractivity contribution is -0.114. The minimum atomic E-state index is -0.245. The van der Waals surface area contributed by atoms with Crippen LogP contribution in [0.5, 0.6) is 0 Å². The first-order valence-electron chi connectivity index (χ1n) is 5.34. The number of ketones is 2. The maximum absolute atomic E-state index is 11.4. The molecule has 0 radical (unpaired) electrons.